The van der Waals surface area contributed by atoms with Crippen LogP contribution in [0.2, 0.25) is 0 Å². The van der Waals surface area contributed by atoms with Crippen molar-refractivity contribution in [2.75, 3.05) is 13.2 Å². The Morgan fingerprint density at radius 1 is 1.04 bits per heavy atom. The van der Waals surface area contributed by atoms with Gasteiger partial charge >= 0.3 is 0 Å². The van der Waals surface area contributed by atoms with Gasteiger partial charge in [-0.1, -0.05) is 55.8 Å². The average Bonchev–Trinajstić information content (AvgIpc) is 2.60. The predicted molar refractivity (Wildman–Crippen MR) is 93.6 cm³/mol. The van der Waals surface area contributed by atoms with Gasteiger partial charge in [0.2, 0.25) is 0 Å². The second-order valence-corrected chi connectivity index (χ2v) is 6.03. The number of aryl methyl sites for hydroxylation is 1. The minimum Gasteiger partial charge on any atom is -0.491 e. The minimum absolute atomic E-state index is 0.325. The number of hydrogen-bond acceptors (Lipinski definition) is 2. The van der Waals surface area contributed by atoms with Crippen molar-refractivity contribution in [2.45, 2.75) is 38.8 Å². The molecule has 124 valence electrons. The van der Waals surface area contributed by atoms with E-state index in [1.165, 1.54) is 11.1 Å². The number of aliphatic hydroxyl groups excluding tert-OH is 1. The Bertz CT molecular complexity index is 554. The summed E-state index contributed by atoms with van der Waals surface area (Å²) >= 11 is 0. The van der Waals surface area contributed by atoms with E-state index in [1.807, 2.05) is 30.3 Å². The lowest BCUT2D eigenvalue weighted by molar-refractivity contribution is -0.698. The number of rotatable bonds is 9. The van der Waals surface area contributed by atoms with Crippen LogP contribution in [0, 0.1) is 0 Å². The van der Waals surface area contributed by atoms with Gasteiger partial charge in [0.15, 0.2) is 0 Å². The van der Waals surface area contributed by atoms with Gasteiger partial charge in [0, 0.05) is 5.56 Å². The van der Waals surface area contributed by atoms with Crippen LogP contribution in [0.3, 0.4) is 0 Å². The van der Waals surface area contributed by atoms with Crippen LogP contribution in [0.5, 0.6) is 5.75 Å². The van der Waals surface area contributed by atoms with Crippen molar-refractivity contribution in [3.05, 3.63) is 65.7 Å². The lowest BCUT2D eigenvalue weighted by Crippen LogP contribution is -2.87. The molecule has 0 aliphatic rings. The molecule has 0 aliphatic heterocycles. The zero-order chi connectivity index (χ0) is 16.5. The number of aliphatic hydroxyl groups is 1. The molecule has 0 aliphatic carbocycles. The molecule has 0 aromatic heterocycles. The van der Waals surface area contributed by atoms with E-state index in [0.29, 0.717) is 19.2 Å². The van der Waals surface area contributed by atoms with Crippen molar-refractivity contribution < 1.29 is 15.2 Å². The van der Waals surface area contributed by atoms with Crippen LogP contribution in [0.1, 0.15) is 37.4 Å². The molecule has 2 rings (SSSR count). The van der Waals surface area contributed by atoms with Gasteiger partial charge in [-0.15, -0.1) is 0 Å². The smallest absolute Gasteiger partial charge is 0.137 e. The summed E-state index contributed by atoms with van der Waals surface area (Å²) in [6, 6.07) is 18.8. The fraction of sp³-hybridized carbons (Fsp3) is 0.400. The van der Waals surface area contributed by atoms with E-state index in [4.69, 9.17) is 4.74 Å². The maximum Gasteiger partial charge on any atom is 0.137 e. The highest BCUT2D eigenvalue weighted by Crippen LogP contribution is 2.13. The molecule has 3 N–H and O–H groups in total. The van der Waals surface area contributed by atoms with E-state index in [-0.39, 0.29) is 0 Å². The molecule has 0 heterocycles. The molecular weight excluding hydrogens is 286 g/mol. The molecule has 2 aromatic rings. The van der Waals surface area contributed by atoms with E-state index >= 15 is 0 Å². The third kappa shape index (κ3) is 6.05. The second-order valence-electron chi connectivity index (χ2n) is 6.03. The van der Waals surface area contributed by atoms with E-state index < -0.39 is 6.10 Å². The van der Waals surface area contributed by atoms with Gasteiger partial charge in [0.1, 0.15) is 31.0 Å². The molecule has 0 radical (unpaired) electrons. The molecule has 0 fully saturated rings. The Morgan fingerprint density at radius 3 is 2.39 bits per heavy atom. The molecule has 23 heavy (non-hydrogen) atoms. The van der Waals surface area contributed by atoms with Gasteiger partial charge in [-0.3, -0.25) is 0 Å². The van der Waals surface area contributed by atoms with E-state index in [1.54, 1.807) is 0 Å². The van der Waals surface area contributed by atoms with Crippen LogP contribution in [0.25, 0.3) is 0 Å². The summed E-state index contributed by atoms with van der Waals surface area (Å²) in [6.07, 6.45) is 1.76. The van der Waals surface area contributed by atoms with Crippen molar-refractivity contribution in [1.82, 2.24) is 0 Å². The Kier molecular flexibility index (Phi) is 7.11. The Balaban J connectivity index is 1.71. The Hall–Kier alpha value is -1.84. The third-order valence-electron chi connectivity index (χ3n) is 3.99. The van der Waals surface area contributed by atoms with Gasteiger partial charge in [0.05, 0.1) is 0 Å². The van der Waals surface area contributed by atoms with Crippen molar-refractivity contribution in [1.29, 1.82) is 0 Å². The van der Waals surface area contributed by atoms with Crippen molar-refractivity contribution in [3.63, 3.8) is 0 Å². The summed E-state index contributed by atoms with van der Waals surface area (Å²) in [5.74, 6) is 0.819. The fourth-order valence-corrected chi connectivity index (χ4v) is 2.56. The van der Waals surface area contributed by atoms with Crippen LogP contribution in [-0.2, 0) is 6.42 Å². The van der Waals surface area contributed by atoms with Gasteiger partial charge in [0.25, 0.3) is 0 Å². The first-order valence-corrected chi connectivity index (χ1v) is 8.47. The largest absolute Gasteiger partial charge is 0.491 e. The maximum atomic E-state index is 10.1. The van der Waals surface area contributed by atoms with Crippen LogP contribution >= 0.6 is 0 Å². The predicted octanol–water partition coefficient (Wildman–Crippen LogP) is 2.70. The number of nitrogens with two attached hydrogens (primary N) is 1. The van der Waals surface area contributed by atoms with Crippen LogP contribution in [0.15, 0.2) is 54.6 Å². The van der Waals surface area contributed by atoms with E-state index in [2.05, 4.69) is 43.4 Å². The number of quaternary nitrogens is 1. The molecule has 0 amide bonds. The number of benzene rings is 2. The van der Waals surface area contributed by atoms with E-state index in [0.717, 1.165) is 18.6 Å². The highest BCUT2D eigenvalue weighted by molar-refractivity contribution is 5.27. The molecule has 3 nitrogen and oxygen atoms in total. The summed E-state index contributed by atoms with van der Waals surface area (Å²) in [7, 11) is 0. The highest BCUT2D eigenvalue weighted by Gasteiger charge is 2.12. The van der Waals surface area contributed by atoms with Gasteiger partial charge in [-0.2, -0.15) is 0 Å². The van der Waals surface area contributed by atoms with Crippen molar-refractivity contribution in [2.24, 2.45) is 0 Å². The summed E-state index contributed by atoms with van der Waals surface area (Å²) in [6.45, 7) is 5.28. The number of ether oxygens (including phenoxy) is 1. The lowest BCUT2D eigenvalue weighted by Gasteiger charge is -2.15. The second kappa shape index (κ2) is 9.33. The summed E-state index contributed by atoms with van der Waals surface area (Å²) in [4.78, 5) is 0. The quantitative estimate of drug-likeness (QED) is 0.747. The van der Waals surface area contributed by atoms with Crippen molar-refractivity contribution in [3.8, 4) is 5.75 Å². The topological polar surface area (TPSA) is 46.1 Å². The van der Waals surface area contributed by atoms with Crippen LogP contribution in [-0.4, -0.2) is 24.4 Å². The lowest BCUT2D eigenvalue weighted by atomic mass is 10.1. The molecule has 0 saturated heterocycles. The summed E-state index contributed by atoms with van der Waals surface area (Å²) in [5.41, 5.74) is 2.59. The first-order chi connectivity index (χ1) is 11.2. The Morgan fingerprint density at radius 2 is 1.74 bits per heavy atom. The third-order valence-corrected chi connectivity index (χ3v) is 3.99. The zero-order valence-electron chi connectivity index (χ0n) is 14.1. The van der Waals surface area contributed by atoms with Crippen molar-refractivity contribution >= 4 is 0 Å². The molecule has 2 unspecified atom stereocenters. The Labute approximate surface area is 139 Å². The summed E-state index contributed by atoms with van der Waals surface area (Å²) in [5, 5.41) is 12.2. The van der Waals surface area contributed by atoms with Gasteiger partial charge in [-0.25, -0.2) is 0 Å². The average molecular weight is 314 g/mol. The molecule has 2 atom stereocenters. The molecular formula is C20H28NO2+. The van der Waals surface area contributed by atoms with Gasteiger partial charge < -0.3 is 15.2 Å². The summed E-state index contributed by atoms with van der Waals surface area (Å²) < 4.78 is 5.67. The molecule has 2 aromatic carbocycles. The maximum absolute atomic E-state index is 10.1. The SMILES string of the molecule is CCCc1ccc(OCC(O)C[NH2+]C(C)c2ccccc2)cc1. The van der Waals surface area contributed by atoms with Gasteiger partial charge in [-0.05, 0) is 31.0 Å². The van der Waals surface area contributed by atoms with Crippen LogP contribution in [0.4, 0.5) is 0 Å². The minimum atomic E-state index is -0.475. The molecule has 3 heteroatoms. The van der Waals surface area contributed by atoms with E-state index in [9.17, 15) is 5.11 Å². The normalized spacial score (nSPS) is 13.5. The first-order valence-electron chi connectivity index (χ1n) is 8.47. The first kappa shape index (κ1) is 17.5. The molecule has 0 saturated carbocycles. The fourth-order valence-electron chi connectivity index (χ4n) is 2.56. The molecule has 0 spiro atoms. The van der Waals surface area contributed by atoms with Crippen LogP contribution < -0.4 is 10.1 Å². The standard InChI is InChI=1S/C20H27NO2/c1-3-7-17-10-12-20(13-11-17)23-15-19(22)14-21-16(2)18-8-5-4-6-9-18/h4-6,8-13,16,19,21-22H,3,7,14-15H2,1-2H3/p+1. The molecule has 0 bridgehead atoms. The number of hydrogen-bond donors (Lipinski definition) is 2. The highest BCUT2D eigenvalue weighted by atomic mass is 16.5. The monoisotopic (exact) mass is 314 g/mol. The zero-order valence-corrected chi connectivity index (χ0v) is 14.1.